The Labute approximate surface area is 163 Å². The smallest absolute Gasteiger partial charge is 0.278 e. The number of halogens is 2. The molecule has 0 atom stereocenters. The van der Waals surface area contributed by atoms with Gasteiger partial charge < -0.3 is 15.0 Å². The van der Waals surface area contributed by atoms with E-state index < -0.39 is 11.7 Å². The zero-order chi connectivity index (χ0) is 19.3. The van der Waals surface area contributed by atoms with Crippen molar-refractivity contribution in [2.75, 3.05) is 18.5 Å². The fourth-order valence-corrected chi connectivity index (χ4v) is 2.76. The Morgan fingerprint density at radius 3 is 2.69 bits per heavy atom. The van der Waals surface area contributed by atoms with Crippen LogP contribution in [0.1, 0.15) is 34.2 Å². The second kappa shape index (κ2) is 9.10. The minimum Gasteiger partial charge on any atom is -0.394 e. The highest BCUT2D eigenvalue weighted by atomic mass is 127. The maximum Gasteiger partial charge on any atom is 0.278 e. The van der Waals surface area contributed by atoms with E-state index >= 15 is 0 Å². The first kappa shape index (κ1) is 20.3. The van der Waals surface area contributed by atoms with Crippen molar-refractivity contribution in [3.63, 3.8) is 0 Å². The largest absolute Gasteiger partial charge is 0.394 e. The first-order valence-corrected chi connectivity index (χ1v) is 8.94. The van der Waals surface area contributed by atoms with Crippen molar-refractivity contribution < 1.29 is 23.9 Å². The Morgan fingerprint density at radius 1 is 1.35 bits per heavy atom. The van der Waals surface area contributed by atoms with Crippen LogP contribution in [0.15, 0.2) is 24.3 Å². The van der Waals surface area contributed by atoms with Crippen LogP contribution in [0.5, 0.6) is 0 Å². The number of Topliss-reactive ketones (excluding diaryl/α,β-unsaturated/α-hetero) is 1. The van der Waals surface area contributed by atoms with Crippen molar-refractivity contribution in [2.45, 2.75) is 13.3 Å². The summed E-state index contributed by atoms with van der Waals surface area (Å²) < 4.78 is 16.4. The Morgan fingerprint density at radius 2 is 2.08 bits per heavy atom. The summed E-state index contributed by atoms with van der Waals surface area (Å²) in [5.74, 6) is -0.997. The van der Waals surface area contributed by atoms with Gasteiger partial charge in [0.15, 0.2) is 5.78 Å². The van der Waals surface area contributed by atoms with Gasteiger partial charge in [-0.2, -0.15) is 0 Å². The standard InChI is InChI=1S/C17H19FIN3O4/c1-3-15(24)14-9-11(17(25)21-26-7-6-23)16(22(14)2)20-13-5-4-10(19)8-12(13)18/h4-5,8-9,20,23H,3,6-7H2,1-2H3,(H,21,25). The number of hydroxylamine groups is 1. The van der Waals surface area contributed by atoms with Gasteiger partial charge in [0.05, 0.1) is 30.2 Å². The van der Waals surface area contributed by atoms with Crippen LogP contribution < -0.4 is 10.8 Å². The number of nitrogens with zero attached hydrogens (tertiary/aromatic N) is 1. The highest BCUT2D eigenvalue weighted by molar-refractivity contribution is 14.1. The minimum atomic E-state index is -0.613. The van der Waals surface area contributed by atoms with Crippen LogP contribution in [0.2, 0.25) is 0 Å². The van der Waals surface area contributed by atoms with Crippen LogP contribution in [-0.2, 0) is 11.9 Å². The average molecular weight is 475 g/mol. The summed E-state index contributed by atoms with van der Waals surface area (Å²) >= 11 is 1.99. The van der Waals surface area contributed by atoms with Crippen LogP contribution in [-0.4, -0.2) is 34.6 Å². The molecule has 7 nitrogen and oxygen atoms in total. The monoisotopic (exact) mass is 475 g/mol. The molecule has 26 heavy (non-hydrogen) atoms. The summed E-state index contributed by atoms with van der Waals surface area (Å²) in [6.45, 7) is 1.38. The van der Waals surface area contributed by atoms with Crippen molar-refractivity contribution in [3.8, 4) is 0 Å². The number of hydrogen-bond donors (Lipinski definition) is 3. The molecule has 1 amide bonds. The summed E-state index contributed by atoms with van der Waals surface area (Å²) in [5, 5.41) is 11.6. The topological polar surface area (TPSA) is 92.6 Å². The van der Waals surface area contributed by atoms with Gasteiger partial charge in [-0.1, -0.05) is 6.92 Å². The number of benzene rings is 1. The molecule has 140 valence electrons. The van der Waals surface area contributed by atoms with Crippen molar-refractivity contribution in [1.82, 2.24) is 10.0 Å². The summed E-state index contributed by atoms with van der Waals surface area (Å²) in [4.78, 5) is 29.3. The third-order valence-corrected chi connectivity index (χ3v) is 4.30. The van der Waals surface area contributed by atoms with E-state index in [4.69, 9.17) is 9.94 Å². The maximum atomic E-state index is 14.2. The van der Waals surface area contributed by atoms with Crippen molar-refractivity contribution >= 4 is 45.8 Å². The molecule has 0 aliphatic heterocycles. The molecule has 1 aromatic carbocycles. The van der Waals surface area contributed by atoms with Gasteiger partial charge in [0.2, 0.25) is 0 Å². The average Bonchev–Trinajstić information content (AvgIpc) is 2.93. The van der Waals surface area contributed by atoms with E-state index in [1.807, 2.05) is 22.6 Å². The number of carbonyl (C=O) groups is 2. The fourth-order valence-electron chi connectivity index (χ4n) is 2.31. The summed E-state index contributed by atoms with van der Waals surface area (Å²) in [7, 11) is 1.61. The first-order valence-electron chi connectivity index (χ1n) is 7.87. The molecule has 0 spiro atoms. The van der Waals surface area contributed by atoms with Gasteiger partial charge >= 0.3 is 0 Å². The predicted molar refractivity (Wildman–Crippen MR) is 103 cm³/mol. The first-order chi connectivity index (χ1) is 12.4. The molecule has 1 aromatic heterocycles. The highest BCUT2D eigenvalue weighted by Gasteiger charge is 2.22. The lowest BCUT2D eigenvalue weighted by Gasteiger charge is -2.13. The van der Waals surface area contributed by atoms with Gasteiger partial charge in [0.25, 0.3) is 5.91 Å². The van der Waals surface area contributed by atoms with Gasteiger partial charge in [-0.05, 0) is 46.9 Å². The molecular weight excluding hydrogens is 456 g/mol. The summed E-state index contributed by atoms with van der Waals surface area (Å²) in [5.41, 5.74) is 2.80. The molecule has 9 heteroatoms. The summed E-state index contributed by atoms with van der Waals surface area (Å²) in [6.07, 6.45) is 0.261. The molecule has 0 saturated carbocycles. The quantitative estimate of drug-likeness (QED) is 0.237. The van der Waals surface area contributed by atoms with Gasteiger partial charge in [-0.3, -0.25) is 14.4 Å². The normalized spacial score (nSPS) is 10.7. The molecule has 1 heterocycles. The van der Waals surface area contributed by atoms with Gasteiger partial charge in [0.1, 0.15) is 11.6 Å². The van der Waals surface area contributed by atoms with E-state index in [9.17, 15) is 14.0 Å². The predicted octanol–water partition coefficient (Wildman–Crippen LogP) is 2.76. The number of aliphatic hydroxyl groups excluding tert-OH is 1. The SMILES string of the molecule is CCC(=O)c1cc(C(=O)NOCCO)c(Nc2ccc(I)cc2F)n1C. The number of ketones is 1. The van der Waals surface area contributed by atoms with E-state index in [2.05, 4.69) is 10.8 Å². The minimum absolute atomic E-state index is 0.0756. The van der Waals surface area contributed by atoms with E-state index in [0.29, 0.717) is 5.69 Å². The number of anilines is 2. The van der Waals surface area contributed by atoms with E-state index in [1.165, 1.54) is 16.7 Å². The molecule has 0 aliphatic rings. The van der Waals surface area contributed by atoms with E-state index in [1.54, 1.807) is 26.1 Å². The Balaban J connectivity index is 2.42. The third-order valence-electron chi connectivity index (χ3n) is 3.63. The van der Waals surface area contributed by atoms with E-state index in [-0.39, 0.29) is 42.5 Å². The molecule has 2 aromatic rings. The zero-order valence-corrected chi connectivity index (χ0v) is 16.5. The summed E-state index contributed by atoms with van der Waals surface area (Å²) in [6, 6.07) is 6.05. The van der Waals surface area contributed by atoms with Crippen molar-refractivity contribution in [1.29, 1.82) is 0 Å². The zero-order valence-electron chi connectivity index (χ0n) is 14.3. The molecular formula is C17H19FIN3O4. The number of carbonyl (C=O) groups excluding carboxylic acids is 2. The Hall–Kier alpha value is -1.98. The maximum absolute atomic E-state index is 14.2. The van der Waals surface area contributed by atoms with Crippen LogP contribution in [0.3, 0.4) is 0 Å². The second-order valence-corrected chi connectivity index (χ2v) is 6.63. The molecule has 0 fully saturated rings. The lowest BCUT2D eigenvalue weighted by Crippen LogP contribution is -2.25. The second-order valence-electron chi connectivity index (χ2n) is 5.38. The number of rotatable bonds is 8. The molecule has 0 radical (unpaired) electrons. The van der Waals surface area contributed by atoms with Crippen LogP contribution in [0.25, 0.3) is 0 Å². The van der Waals surface area contributed by atoms with Crippen molar-refractivity contribution in [3.05, 3.63) is 44.9 Å². The number of amides is 1. The third kappa shape index (κ3) is 4.59. The van der Waals surface area contributed by atoms with Crippen LogP contribution in [0, 0.1) is 9.39 Å². The van der Waals surface area contributed by atoms with E-state index in [0.717, 1.165) is 3.57 Å². The van der Waals surface area contributed by atoms with Gasteiger partial charge in [0, 0.05) is 17.0 Å². The highest BCUT2D eigenvalue weighted by Crippen LogP contribution is 2.27. The molecule has 0 bridgehead atoms. The lowest BCUT2D eigenvalue weighted by atomic mass is 10.2. The number of hydrogen-bond acceptors (Lipinski definition) is 5. The number of aliphatic hydroxyl groups is 1. The molecule has 0 aliphatic carbocycles. The number of nitrogens with one attached hydrogen (secondary N) is 2. The van der Waals surface area contributed by atoms with Gasteiger partial charge in [-0.15, -0.1) is 0 Å². The molecule has 0 saturated heterocycles. The molecule has 0 unspecified atom stereocenters. The van der Waals surface area contributed by atoms with Crippen LogP contribution >= 0.6 is 22.6 Å². The van der Waals surface area contributed by atoms with Crippen LogP contribution in [0.4, 0.5) is 15.9 Å². The van der Waals surface area contributed by atoms with Crippen molar-refractivity contribution in [2.24, 2.45) is 7.05 Å². The lowest BCUT2D eigenvalue weighted by molar-refractivity contribution is 0.0169. The molecule has 2 rings (SSSR count). The Bertz CT molecular complexity index is 823. The number of aromatic nitrogens is 1. The van der Waals surface area contributed by atoms with Gasteiger partial charge in [-0.25, -0.2) is 9.87 Å². The Kier molecular flexibility index (Phi) is 7.12. The molecule has 3 N–H and O–H groups in total. The fraction of sp³-hybridized carbons (Fsp3) is 0.294.